The minimum absolute atomic E-state index is 0.441. The molecule has 0 saturated heterocycles. The first-order valence-electron chi connectivity index (χ1n) is 6.19. The normalized spacial score (nSPS) is 15.1. The van der Waals surface area contributed by atoms with E-state index in [1.807, 2.05) is 12.1 Å². The van der Waals surface area contributed by atoms with Crippen molar-refractivity contribution in [2.75, 3.05) is 24.3 Å². The first-order valence-corrected chi connectivity index (χ1v) is 6.19. The summed E-state index contributed by atoms with van der Waals surface area (Å²) in [6.07, 6.45) is 2.69. The van der Waals surface area contributed by atoms with Crippen LogP contribution in [0.4, 0.5) is 11.5 Å². The van der Waals surface area contributed by atoms with Crippen LogP contribution >= 0.6 is 0 Å². The molecule has 1 aliphatic carbocycles. The fourth-order valence-electron chi connectivity index (χ4n) is 1.91. The third kappa shape index (κ3) is 2.81. The predicted molar refractivity (Wildman–Crippen MR) is 70.4 cm³/mol. The van der Waals surface area contributed by atoms with Crippen molar-refractivity contribution in [2.45, 2.75) is 32.7 Å². The first-order chi connectivity index (χ1) is 8.11. The van der Waals surface area contributed by atoms with Gasteiger partial charge < -0.3 is 15.4 Å². The minimum atomic E-state index is 0.441. The highest BCUT2D eigenvalue weighted by Crippen LogP contribution is 2.32. The Bertz CT molecular complexity index is 388. The molecule has 0 bridgehead atoms. The zero-order valence-electron chi connectivity index (χ0n) is 10.8. The Balaban J connectivity index is 2.21. The number of hydrogen-bond donors (Lipinski definition) is 1. The summed E-state index contributed by atoms with van der Waals surface area (Å²) in [4.78, 5) is 6.79. The Morgan fingerprint density at radius 2 is 2.18 bits per heavy atom. The fraction of sp³-hybridized carbons (Fsp3) is 0.615. The van der Waals surface area contributed by atoms with Gasteiger partial charge in [0.25, 0.3) is 0 Å². The smallest absolute Gasteiger partial charge is 0.238 e. The lowest BCUT2D eigenvalue weighted by molar-refractivity contribution is 0.400. The quantitative estimate of drug-likeness (QED) is 0.850. The van der Waals surface area contributed by atoms with E-state index in [9.17, 15) is 0 Å². The van der Waals surface area contributed by atoms with Crippen molar-refractivity contribution in [1.82, 2.24) is 4.98 Å². The monoisotopic (exact) mass is 235 g/mol. The summed E-state index contributed by atoms with van der Waals surface area (Å²) in [5.74, 6) is 2.31. The third-order valence-electron chi connectivity index (χ3n) is 3.14. The molecule has 1 fully saturated rings. The van der Waals surface area contributed by atoms with E-state index in [1.165, 1.54) is 12.8 Å². The van der Waals surface area contributed by atoms with E-state index in [4.69, 9.17) is 10.5 Å². The maximum atomic E-state index is 5.78. The Morgan fingerprint density at radius 3 is 2.71 bits per heavy atom. The molecule has 0 radical (unpaired) electrons. The lowest BCUT2D eigenvalue weighted by Crippen LogP contribution is -2.33. The molecule has 1 heterocycles. The lowest BCUT2D eigenvalue weighted by Gasteiger charge is -2.28. The Morgan fingerprint density at radius 1 is 1.47 bits per heavy atom. The first kappa shape index (κ1) is 12.0. The van der Waals surface area contributed by atoms with E-state index in [0.717, 1.165) is 18.3 Å². The number of nitrogens with zero attached hydrogens (tertiary/aromatic N) is 2. The summed E-state index contributed by atoms with van der Waals surface area (Å²) in [5, 5.41) is 0. The molecule has 2 rings (SSSR count). The van der Waals surface area contributed by atoms with Crippen molar-refractivity contribution in [3.05, 3.63) is 12.1 Å². The Hall–Kier alpha value is -1.45. The standard InChI is InChI=1S/C13H21N3O/c1-9(2)16(8-10-4-5-10)12-7-6-11(14)13(15-12)17-3/h6-7,9-10H,4-5,8,14H2,1-3H3. The number of nitrogen functional groups attached to an aromatic ring is 1. The van der Waals surface area contributed by atoms with E-state index >= 15 is 0 Å². The second-order valence-electron chi connectivity index (χ2n) is 4.96. The molecule has 1 aromatic rings. The molecule has 0 amide bonds. The highest BCUT2D eigenvalue weighted by molar-refractivity contribution is 5.54. The van der Waals surface area contributed by atoms with Gasteiger partial charge in [0.1, 0.15) is 5.82 Å². The van der Waals surface area contributed by atoms with Crippen LogP contribution in [0.25, 0.3) is 0 Å². The van der Waals surface area contributed by atoms with Crippen molar-refractivity contribution in [1.29, 1.82) is 0 Å². The molecular formula is C13H21N3O. The topological polar surface area (TPSA) is 51.4 Å². The van der Waals surface area contributed by atoms with Gasteiger partial charge in [0.15, 0.2) is 0 Å². The van der Waals surface area contributed by atoms with E-state index in [0.29, 0.717) is 17.6 Å². The number of aromatic nitrogens is 1. The van der Waals surface area contributed by atoms with Gasteiger partial charge in [0, 0.05) is 12.6 Å². The number of anilines is 2. The van der Waals surface area contributed by atoms with Gasteiger partial charge in [-0.2, -0.15) is 4.98 Å². The van der Waals surface area contributed by atoms with Gasteiger partial charge >= 0.3 is 0 Å². The van der Waals surface area contributed by atoms with Gasteiger partial charge in [0.2, 0.25) is 5.88 Å². The van der Waals surface area contributed by atoms with E-state index in [1.54, 1.807) is 7.11 Å². The average molecular weight is 235 g/mol. The van der Waals surface area contributed by atoms with Gasteiger partial charge in [-0.1, -0.05) is 0 Å². The van der Waals surface area contributed by atoms with Crippen LogP contribution < -0.4 is 15.4 Å². The van der Waals surface area contributed by atoms with Crippen LogP contribution in [0.1, 0.15) is 26.7 Å². The van der Waals surface area contributed by atoms with Crippen LogP contribution in [-0.2, 0) is 0 Å². The number of pyridine rings is 1. The fourth-order valence-corrected chi connectivity index (χ4v) is 1.91. The van der Waals surface area contributed by atoms with Gasteiger partial charge in [-0.25, -0.2) is 0 Å². The van der Waals surface area contributed by atoms with Crippen LogP contribution in [0.2, 0.25) is 0 Å². The molecule has 0 atom stereocenters. The second-order valence-corrected chi connectivity index (χ2v) is 4.96. The number of rotatable bonds is 5. The van der Waals surface area contributed by atoms with Crippen LogP contribution in [0.5, 0.6) is 5.88 Å². The summed E-state index contributed by atoms with van der Waals surface area (Å²) in [6, 6.07) is 4.28. The zero-order chi connectivity index (χ0) is 12.4. The molecule has 4 heteroatoms. The molecule has 1 aliphatic rings. The second kappa shape index (κ2) is 4.82. The molecule has 1 saturated carbocycles. The molecule has 2 N–H and O–H groups in total. The summed E-state index contributed by atoms with van der Waals surface area (Å²) >= 11 is 0. The van der Waals surface area contributed by atoms with Crippen LogP contribution in [0.3, 0.4) is 0 Å². The van der Waals surface area contributed by atoms with E-state index in [2.05, 4.69) is 23.7 Å². The SMILES string of the molecule is COc1nc(N(CC2CC2)C(C)C)ccc1N. The van der Waals surface area contributed by atoms with Gasteiger partial charge in [-0.3, -0.25) is 0 Å². The molecule has 4 nitrogen and oxygen atoms in total. The maximum absolute atomic E-state index is 5.78. The lowest BCUT2D eigenvalue weighted by atomic mass is 10.2. The van der Waals surface area contributed by atoms with Gasteiger partial charge in [0.05, 0.1) is 12.8 Å². The van der Waals surface area contributed by atoms with Crippen LogP contribution in [0.15, 0.2) is 12.1 Å². The zero-order valence-corrected chi connectivity index (χ0v) is 10.8. The molecular weight excluding hydrogens is 214 g/mol. The van der Waals surface area contributed by atoms with Crippen LogP contribution in [0, 0.1) is 5.92 Å². The number of ether oxygens (including phenoxy) is 1. The summed E-state index contributed by atoms with van der Waals surface area (Å²) < 4.78 is 5.17. The molecule has 0 unspecified atom stereocenters. The number of methoxy groups -OCH3 is 1. The maximum Gasteiger partial charge on any atom is 0.238 e. The summed E-state index contributed by atoms with van der Waals surface area (Å²) in [6.45, 7) is 5.46. The van der Waals surface area contributed by atoms with Gasteiger partial charge in [-0.15, -0.1) is 0 Å². The van der Waals surface area contributed by atoms with Crippen molar-refractivity contribution in [3.63, 3.8) is 0 Å². The molecule has 94 valence electrons. The van der Waals surface area contributed by atoms with Crippen molar-refractivity contribution < 1.29 is 4.74 Å². The third-order valence-corrected chi connectivity index (χ3v) is 3.14. The van der Waals surface area contributed by atoms with E-state index in [-0.39, 0.29) is 0 Å². The minimum Gasteiger partial charge on any atom is -0.479 e. The highest BCUT2D eigenvalue weighted by Gasteiger charge is 2.26. The summed E-state index contributed by atoms with van der Waals surface area (Å²) in [7, 11) is 1.60. The molecule has 0 aliphatic heterocycles. The molecule has 0 aromatic carbocycles. The predicted octanol–water partition coefficient (Wildman–Crippen LogP) is 2.30. The largest absolute Gasteiger partial charge is 0.479 e. The molecule has 1 aromatic heterocycles. The highest BCUT2D eigenvalue weighted by atomic mass is 16.5. The van der Waals surface area contributed by atoms with Gasteiger partial charge in [-0.05, 0) is 44.7 Å². The molecule has 17 heavy (non-hydrogen) atoms. The Kier molecular flexibility index (Phi) is 3.41. The summed E-state index contributed by atoms with van der Waals surface area (Å²) in [5.41, 5.74) is 6.37. The molecule has 0 spiro atoms. The van der Waals surface area contributed by atoms with Crippen molar-refractivity contribution in [3.8, 4) is 5.88 Å². The average Bonchev–Trinajstić information content (AvgIpc) is 3.10. The van der Waals surface area contributed by atoms with E-state index < -0.39 is 0 Å². The van der Waals surface area contributed by atoms with Crippen molar-refractivity contribution >= 4 is 11.5 Å². The van der Waals surface area contributed by atoms with Crippen LogP contribution in [-0.4, -0.2) is 24.7 Å². The number of nitrogens with two attached hydrogens (primary N) is 1. The van der Waals surface area contributed by atoms with Crippen molar-refractivity contribution in [2.24, 2.45) is 5.92 Å². The Labute approximate surface area is 103 Å². The number of hydrogen-bond acceptors (Lipinski definition) is 4.